The van der Waals surface area contributed by atoms with E-state index in [4.69, 9.17) is 39.5 Å². The van der Waals surface area contributed by atoms with Crippen molar-refractivity contribution in [3.8, 4) is 5.75 Å². The monoisotopic (exact) mass is 550 g/mol. The number of anilines is 3. The van der Waals surface area contributed by atoms with Gasteiger partial charge in [-0.05, 0) is 36.4 Å². The minimum absolute atomic E-state index is 0.163. The molecule has 16 heteroatoms. The van der Waals surface area contributed by atoms with Crippen LogP contribution in [0.4, 0.5) is 36.2 Å². The standard InChI is InChI=1S/C19H12Cl3F3N6O4/c20-9-1-4-14(13(22)5-9)35-7-15(32)29-30-18-16(31(33)34)17(26-8-27-18)28-10-2-3-12(21)11(6-10)19(23,24)25/h1-6,8H,7H2,(H,29,32)(H2,26,27,28,30). The summed E-state index contributed by atoms with van der Waals surface area (Å²) in [6.07, 6.45) is -3.85. The van der Waals surface area contributed by atoms with Gasteiger partial charge in [0.05, 0.1) is 20.5 Å². The Balaban J connectivity index is 1.74. The first-order valence-corrected chi connectivity index (χ1v) is 10.3. The fourth-order valence-corrected chi connectivity index (χ4v) is 3.28. The predicted molar refractivity (Wildman–Crippen MR) is 122 cm³/mol. The number of nitrogens with one attached hydrogen (secondary N) is 3. The largest absolute Gasteiger partial charge is 0.482 e. The highest BCUT2D eigenvalue weighted by Gasteiger charge is 2.33. The van der Waals surface area contributed by atoms with E-state index in [2.05, 4.69) is 26.1 Å². The van der Waals surface area contributed by atoms with Gasteiger partial charge in [0.25, 0.3) is 5.91 Å². The van der Waals surface area contributed by atoms with Crippen LogP contribution in [0.15, 0.2) is 42.7 Å². The Labute approximate surface area is 209 Å². The zero-order chi connectivity index (χ0) is 25.8. The third kappa shape index (κ3) is 6.74. The normalized spacial score (nSPS) is 11.0. The van der Waals surface area contributed by atoms with Crippen LogP contribution in [0.5, 0.6) is 5.75 Å². The molecule has 1 heterocycles. The van der Waals surface area contributed by atoms with Gasteiger partial charge in [-0.3, -0.25) is 25.8 Å². The van der Waals surface area contributed by atoms with Gasteiger partial charge >= 0.3 is 11.9 Å². The SMILES string of the molecule is O=C(COc1ccc(Cl)cc1Cl)NNc1ncnc(Nc2ccc(Cl)c(C(F)(F)F)c2)c1[N+](=O)[O-]. The number of amides is 1. The number of nitro groups is 1. The molecular weight excluding hydrogens is 540 g/mol. The van der Waals surface area contributed by atoms with E-state index in [1.165, 1.54) is 24.3 Å². The van der Waals surface area contributed by atoms with Crippen molar-refractivity contribution in [3.05, 3.63) is 73.5 Å². The number of hydrazine groups is 1. The van der Waals surface area contributed by atoms with E-state index in [0.717, 1.165) is 12.4 Å². The summed E-state index contributed by atoms with van der Waals surface area (Å²) in [5.74, 6) is -1.48. The number of hydrogen-bond donors (Lipinski definition) is 3. The number of alkyl halides is 3. The molecule has 1 amide bonds. The lowest BCUT2D eigenvalue weighted by Gasteiger charge is -2.13. The van der Waals surface area contributed by atoms with Gasteiger partial charge in [0.15, 0.2) is 6.61 Å². The van der Waals surface area contributed by atoms with E-state index in [-0.39, 0.29) is 16.5 Å². The molecule has 0 aliphatic heterocycles. The van der Waals surface area contributed by atoms with Gasteiger partial charge in [-0.25, -0.2) is 9.97 Å². The van der Waals surface area contributed by atoms with Crippen LogP contribution in [0.1, 0.15) is 5.56 Å². The lowest BCUT2D eigenvalue weighted by atomic mass is 10.2. The van der Waals surface area contributed by atoms with Crippen LogP contribution in [0.25, 0.3) is 0 Å². The van der Waals surface area contributed by atoms with Gasteiger partial charge in [-0.1, -0.05) is 34.8 Å². The van der Waals surface area contributed by atoms with E-state index in [1.54, 1.807) is 0 Å². The highest BCUT2D eigenvalue weighted by atomic mass is 35.5. The summed E-state index contributed by atoms with van der Waals surface area (Å²) in [4.78, 5) is 30.2. The lowest BCUT2D eigenvalue weighted by Crippen LogP contribution is -2.34. The number of carbonyl (C=O) groups excluding carboxylic acids is 1. The highest BCUT2D eigenvalue weighted by Crippen LogP contribution is 2.38. The molecule has 0 aliphatic carbocycles. The second-order valence-electron chi connectivity index (χ2n) is 6.53. The minimum Gasteiger partial charge on any atom is -0.482 e. The molecule has 0 unspecified atom stereocenters. The number of carbonyl (C=O) groups is 1. The van der Waals surface area contributed by atoms with Gasteiger partial charge in [0.1, 0.15) is 12.1 Å². The first kappa shape index (κ1) is 26.1. The van der Waals surface area contributed by atoms with Gasteiger partial charge < -0.3 is 10.1 Å². The molecule has 35 heavy (non-hydrogen) atoms. The highest BCUT2D eigenvalue weighted by molar-refractivity contribution is 6.35. The van der Waals surface area contributed by atoms with Gasteiger partial charge in [0, 0.05) is 10.7 Å². The summed E-state index contributed by atoms with van der Waals surface area (Å²) >= 11 is 17.3. The maximum atomic E-state index is 13.1. The van der Waals surface area contributed by atoms with E-state index >= 15 is 0 Å². The summed E-state index contributed by atoms with van der Waals surface area (Å²) < 4.78 is 44.6. The van der Waals surface area contributed by atoms with E-state index < -0.39 is 51.5 Å². The summed E-state index contributed by atoms with van der Waals surface area (Å²) in [7, 11) is 0. The number of hydrogen-bond acceptors (Lipinski definition) is 8. The molecule has 0 spiro atoms. The van der Waals surface area contributed by atoms with Crippen molar-refractivity contribution in [1.29, 1.82) is 0 Å². The van der Waals surface area contributed by atoms with Crippen molar-refractivity contribution in [2.45, 2.75) is 6.18 Å². The molecular formula is C19H12Cl3F3N6O4. The second kappa shape index (κ2) is 10.8. The average molecular weight is 552 g/mol. The van der Waals surface area contributed by atoms with Crippen LogP contribution in [-0.2, 0) is 11.0 Å². The van der Waals surface area contributed by atoms with Crippen molar-refractivity contribution < 1.29 is 27.6 Å². The zero-order valence-corrected chi connectivity index (χ0v) is 19.3. The quantitative estimate of drug-likeness (QED) is 0.242. The summed E-state index contributed by atoms with van der Waals surface area (Å²) in [5.41, 5.74) is 2.34. The van der Waals surface area contributed by atoms with Gasteiger partial charge in [-0.2, -0.15) is 13.2 Å². The number of rotatable bonds is 8. The molecule has 2 aromatic carbocycles. The first-order chi connectivity index (χ1) is 16.5. The average Bonchev–Trinajstić information content (AvgIpc) is 2.77. The molecule has 0 fully saturated rings. The van der Waals surface area contributed by atoms with Crippen LogP contribution in [0.2, 0.25) is 15.1 Å². The maximum absolute atomic E-state index is 13.1. The van der Waals surface area contributed by atoms with Gasteiger partial charge in [0.2, 0.25) is 11.6 Å². The fourth-order valence-electron chi connectivity index (χ4n) is 2.59. The van der Waals surface area contributed by atoms with Crippen molar-refractivity contribution in [3.63, 3.8) is 0 Å². The maximum Gasteiger partial charge on any atom is 0.417 e. The first-order valence-electron chi connectivity index (χ1n) is 9.21. The molecule has 0 atom stereocenters. The Kier molecular flexibility index (Phi) is 8.04. The molecule has 0 radical (unpaired) electrons. The number of halogens is 6. The fraction of sp³-hybridized carbons (Fsp3) is 0.105. The van der Waals surface area contributed by atoms with Crippen molar-refractivity contribution >= 4 is 63.7 Å². The number of ether oxygens (including phenoxy) is 1. The van der Waals surface area contributed by atoms with Crippen LogP contribution in [-0.4, -0.2) is 27.4 Å². The third-order valence-electron chi connectivity index (χ3n) is 4.11. The number of nitrogens with zero attached hydrogens (tertiary/aromatic N) is 3. The summed E-state index contributed by atoms with van der Waals surface area (Å²) in [6, 6.07) is 7.17. The minimum atomic E-state index is -4.75. The van der Waals surface area contributed by atoms with Crippen LogP contribution < -0.4 is 20.9 Å². The third-order valence-corrected chi connectivity index (χ3v) is 4.97. The lowest BCUT2D eigenvalue weighted by molar-refractivity contribution is -0.383. The van der Waals surface area contributed by atoms with Crippen molar-refractivity contribution in [1.82, 2.24) is 15.4 Å². The molecule has 1 aromatic heterocycles. The van der Waals surface area contributed by atoms with E-state index in [0.29, 0.717) is 11.1 Å². The molecule has 0 bridgehead atoms. The second-order valence-corrected chi connectivity index (χ2v) is 7.78. The van der Waals surface area contributed by atoms with Crippen molar-refractivity contribution in [2.24, 2.45) is 0 Å². The summed E-state index contributed by atoms with van der Waals surface area (Å²) in [6.45, 7) is -0.524. The zero-order valence-electron chi connectivity index (χ0n) is 17.0. The number of benzene rings is 2. The molecule has 0 saturated carbocycles. The Hall–Kier alpha value is -3.55. The molecule has 0 saturated heterocycles. The van der Waals surface area contributed by atoms with Crippen LogP contribution >= 0.6 is 34.8 Å². The molecule has 0 aliphatic rings. The van der Waals surface area contributed by atoms with E-state index in [9.17, 15) is 28.1 Å². The smallest absolute Gasteiger partial charge is 0.417 e. The Morgan fingerprint density at radius 2 is 1.77 bits per heavy atom. The topological polar surface area (TPSA) is 131 Å². The molecule has 3 aromatic rings. The Morgan fingerprint density at radius 3 is 2.43 bits per heavy atom. The summed E-state index contributed by atoms with van der Waals surface area (Å²) in [5, 5.41) is 14.0. The van der Waals surface area contributed by atoms with Crippen LogP contribution in [0.3, 0.4) is 0 Å². The Bertz CT molecular complexity index is 1280. The molecule has 3 N–H and O–H groups in total. The predicted octanol–water partition coefficient (Wildman–Crippen LogP) is 5.63. The van der Waals surface area contributed by atoms with Crippen LogP contribution in [0, 0.1) is 10.1 Å². The Morgan fingerprint density at radius 1 is 1.06 bits per heavy atom. The van der Waals surface area contributed by atoms with E-state index in [1.807, 2.05) is 0 Å². The molecule has 184 valence electrons. The number of aromatic nitrogens is 2. The molecule has 3 rings (SSSR count). The van der Waals surface area contributed by atoms with Gasteiger partial charge in [-0.15, -0.1) is 0 Å². The van der Waals surface area contributed by atoms with Crippen molar-refractivity contribution in [2.75, 3.05) is 17.3 Å². The molecule has 10 nitrogen and oxygen atoms in total.